The van der Waals surface area contributed by atoms with Crippen LogP contribution in [0, 0.1) is 20.8 Å². The highest BCUT2D eigenvalue weighted by Crippen LogP contribution is 2.23. The van der Waals surface area contributed by atoms with Gasteiger partial charge < -0.3 is 15.4 Å². The van der Waals surface area contributed by atoms with Gasteiger partial charge in [-0.1, -0.05) is 36.8 Å². The molecule has 1 atom stereocenters. The highest BCUT2D eigenvalue weighted by Gasteiger charge is 2.15. The van der Waals surface area contributed by atoms with Gasteiger partial charge in [-0.05, 0) is 68.2 Å². The predicted octanol–water partition coefficient (Wildman–Crippen LogP) is 4.84. The molecule has 4 nitrogen and oxygen atoms in total. The Balaban J connectivity index is 2.16. The quantitative estimate of drug-likeness (QED) is 0.583. The molecule has 0 heterocycles. The number of aryl methyl sites for hydroxylation is 2. The van der Waals surface area contributed by atoms with E-state index in [4.69, 9.17) is 17.0 Å². The first kappa shape index (κ1) is 19.9. The first-order chi connectivity index (χ1) is 12.4. The summed E-state index contributed by atoms with van der Waals surface area (Å²) in [5.41, 5.74) is 5.86. The van der Waals surface area contributed by atoms with E-state index in [9.17, 15) is 4.79 Å². The molecule has 138 valence electrons. The summed E-state index contributed by atoms with van der Waals surface area (Å²) < 4.78 is 4.82. The summed E-state index contributed by atoms with van der Waals surface area (Å²) in [5, 5.41) is 7.12. The van der Waals surface area contributed by atoms with Gasteiger partial charge in [0.1, 0.15) is 0 Å². The predicted molar refractivity (Wildman–Crippen MR) is 111 cm³/mol. The number of hydrogen-bond acceptors (Lipinski definition) is 3. The van der Waals surface area contributed by atoms with Crippen molar-refractivity contribution in [3.8, 4) is 0 Å². The minimum absolute atomic E-state index is 0.125. The van der Waals surface area contributed by atoms with Gasteiger partial charge in [-0.3, -0.25) is 0 Å². The van der Waals surface area contributed by atoms with E-state index in [1.165, 1.54) is 23.8 Å². The molecule has 2 aromatic rings. The van der Waals surface area contributed by atoms with Crippen molar-refractivity contribution in [1.29, 1.82) is 0 Å². The van der Waals surface area contributed by atoms with Gasteiger partial charge in [0.2, 0.25) is 0 Å². The molecular formula is C21H26N2O2S. The lowest BCUT2D eigenvalue weighted by atomic mass is 9.98. The fraction of sp³-hybridized carbons (Fsp3) is 0.333. The SMILES string of the molecule is CC[C@@H](NC(=S)Nc1cccc(C(=O)OC)c1C)c1ccc(C)cc1C. The zero-order chi connectivity index (χ0) is 19.3. The van der Waals surface area contributed by atoms with E-state index in [0.717, 1.165) is 17.7 Å². The van der Waals surface area contributed by atoms with E-state index < -0.39 is 0 Å². The highest BCUT2D eigenvalue weighted by atomic mass is 32.1. The van der Waals surface area contributed by atoms with Crippen LogP contribution in [0.5, 0.6) is 0 Å². The molecule has 0 saturated carbocycles. The Morgan fingerprint density at radius 3 is 2.54 bits per heavy atom. The topological polar surface area (TPSA) is 50.4 Å². The Morgan fingerprint density at radius 2 is 1.92 bits per heavy atom. The lowest BCUT2D eigenvalue weighted by molar-refractivity contribution is 0.0600. The molecule has 0 radical (unpaired) electrons. The maximum atomic E-state index is 11.8. The van der Waals surface area contributed by atoms with Gasteiger partial charge in [-0.15, -0.1) is 0 Å². The van der Waals surface area contributed by atoms with Crippen molar-refractivity contribution in [2.75, 3.05) is 12.4 Å². The van der Waals surface area contributed by atoms with E-state index in [-0.39, 0.29) is 12.0 Å². The van der Waals surface area contributed by atoms with Crippen molar-refractivity contribution < 1.29 is 9.53 Å². The lowest BCUT2D eigenvalue weighted by Gasteiger charge is -2.22. The Kier molecular flexibility index (Phi) is 6.75. The molecule has 0 bridgehead atoms. The van der Waals surface area contributed by atoms with E-state index >= 15 is 0 Å². The number of carbonyl (C=O) groups excluding carboxylic acids is 1. The molecule has 0 aliphatic carbocycles. The summed E-state index contributed by atoms with van der Waals surface area (Å²) >= 11 is 5.51. The third-order valence-electron chi connectivity index (χ3n) is 4.50. The second-order valence-corrected chi connectivity index (χ2v) is 6.80. The Labute approximate surface area is 161 Å². The van der Waals surface area contributed by atoms with E-state index in [2.05, 4.69) is 49.6 Å². The van der Waals surface area contributed by atoms with Crippen molar-refractivity contribution in [3.05, 3.63) is 64.2 Å². The minimum atomic E-state index is -0.355. The number of thiocarbonyl (C=S) groups is 1. The molecule has 0 amide bonds. The van der Waals surface area contributed by atoms with Crippen molar-refractivity contribution in [1.82, 2.24) is 5.32 Å². The van der Waals surface area contributed by atoms with Crippen molar-refractivity contribution in [3.63, 3.8) is 0 Å². The Hall–Kier alpha value is -2.40. The second kappa shape index (κ2) is 8.81. The van der Waals surface area contributed by atoms with E-state index in [0.29, 0.717) is 10.7 Å². The fourth-order valence-corrected chi connectivity index (χ4v) is 3.29. The number of carbonyl (C=O) groups is 1. The molecule has 0 aliphatic rings. The molecule has 2 aromatic carbocycles. The van der Waals surface area contributed by atoms with Crippen LogP contribution in [-0.4, -0.2) is 18.2 Å². The first-order valence-corrected chi connectivity index (χ1v) is 9.10. The van der Waals surface area contributed by atoms with Gasteiger partial charge in [0.05, 0.1) is 18.7 Å². The van der Waals surface area contributed by atoms with Crippen LogP contribution >= 0.6 is 12.2 Å². The van der Waals surface area contributed by atoms with Crippen LogP contribution < -0.4 is 10.6 Å². The number of rotatable bonds is 5. The third kappa shape index (κ3) is 4.61. The first-order valence-electron chi connectivity index (χ1n) is 8.70. The number of nitrogens with one attached hydrogen (secondary N) is 2. The summed E-state index contributed by atoms with van der Waals surface area (Å²) in [6.45, 7) is 8.21. The van der Waals surface area contributed by atoms with Crippen LogP contribution in [0.15, 0.2) is 36.4 Å². The number of anilines is 1. The summed E-state index contributed by atoms with van der Waals surface area (Å²) in [6.07, 6.45) is 0.910. The molecule has 0 aliphatic heterocycles. The standard InChI is InChI=1S/C21H26N2O2S/c1-6-18(16-11-10-13(2)12-14(16)3)22-21(26)23-19-9-7-8-17(15(19)4)20(24)25-5/h7-12,18H,6H2,1-5H3,(H2,22,23,26)/t18-/m1/s1. The van der Waals surface area contributed by atoms with Crippen molar-refractivity contribution >= 4 is 29.0 Å². The molecule has 5 heteroatoms. The van der Waals surface area contributed by atoms with Gasteiger partial charge in [-0.2, -0.15) is 0 Å². The maximum absolute atomic E-state index is 11.8. The largest absolute Gasteiger partial charge is 0.465 e. The average Bonchev–Trinajstić information content (AvgIpc) is 2.61. The summed E-state index contributed by atoms with van der Waals surface area (Å²) in [4.78, 5) is 11.8. The molecule has 0 saturated heterocycles. The Morgan fingerprint density at radius 1 is 1.19 bits per heavy atom. The molecular weight excluding hydrogens is 344 g/mol. The van der Waals surface area contributed by atoms with E-state index in [1.54, 1.807) is 6.07 Å². The summed E-state index contributed by atoms with van der Waals surface area (Å²) in [6, 6.07) is 12.0. The number of methoxy groups -OCH3 is 1. The molecule has 2 rings (SSSR count). The average molecular weight is 371 g/mol. The van der Waals surface area contributed by atoms with Crippen LogP contribution in [0.25, 0.3) is 0 Å². The summed E-state index contributed by atoms with van der Waals surface area (Å²) in [5.74, 6) is -0.355. The van der Waals surface area contributed by atoms with Crippen LogP contribution in [0.2, 0.25) is 0 Å². The highest BCUT2D eigenvalue weighted by molar-refractivity contribution is 7.80. The van der Waals surface area contributed by atoms with Crippen molar-refractivity contribution in [2.45, 2.75) is 40.2 Å². The zero-order valence-corrected chi connectivity index (χ0v) is 16.8. The monoisotopic (exact) mass is 370 g/mol. The molecule has 0 spiro atoms. The van der Waals surface area contributed by atoms with Crippen LogP contribution in [0.4, 0.5) is 5.69 Å². The fourth-order valence-electron chi connectivity index (χ4n) is 3.04. The van der Waals surface area contributed by atoms with E-state index in [1.807, 2.05) is 19.1 Å². The van der Waals surface area contributed by atoms with Gasteiger partial charge >= 0.3 is 5.97 Å². The molecule has 26 heavy (non-hydrogen) atoms. The van der Waals surface area contributed by atoms with Crippen LogP contribution in [0.3, 0.4) is 0 Å². The number of esters is 1. The molecule has 0 unspecified atom stereocenters. The number of benzene rings is 2. The minimum Gasteiger partial charge on any atom is -0.465 e. The molecule has 0 aromatic heterocycles. The van der Waals surface area contributed by atoms with Crippen LogP contribution in [0.1, 0.15) is 52.0 Å². The van der Waals surface area contributed by atoms with Gasteiger partial charge in [0, 0.05) is 5.69 Å². The van der Waals surface area contributed by atoms with Gasteiger partial charge in [0.15, 0.2) is 5.11 Å². The number of ether oxygens (including phenoxy) is 1. The van der Waals surface area contributed by atoms with Gasteiger partial charge in [-0.25, -0.2) is 4.79 Å². The Bertz CT molecular complexity index is 818. The smallest absolute Gasteiger partial charge is 0.338 e. The zero-order valence-electron chi connectivity index (χ0n) is 16.0. The second-order valence-electron chi connectivity index (χ2n) is 6.39. The number of hydrogen-bond donors (Lipinski definition) is 2. The lowest BCUT2D eigenvalue weighted by Crippen LogP contribution is -2.32. The van der Waals surface area contributed by atoms with Crippen LogP contribution in [-0.2, 0) is 4.74 Å². The molecule has 2 N–H and O–H groups in total. The van der Waals surface area contributed by atoms with Crippen molar-refractivity contribution in [2.24, 2.45) is 0 Å². The normalized spacial score (nSPS) is 11.6. The maximum Gasteiger partial charge on any atom is 0.338 e. The third-order valence-corrected chi connectivity index (χ3v) is 4.72. The van der Waals surface area contributed by atoms with Gasteiger partial charge in [0.25, 0.3) is 0 Å². The summed E-state index contributed by atoms with van der Waals surface area (Å²) in [7, 11) is 1.38. The molecule has 0 fully saturated rings.